The van der Waals surface area contributed by atoms with Crippen LogP contribution < -0.4 is 5.32 Å². The summed E-state index contributed by atoms with van der Waals surface area (Å²) in [7, 11) is 6.33. The highest BCUT2D eigenvalue weighted by Gasteiger charge is 2.20. The number of carbonyl (C=O) groups is 1. The van der Waals surface area contributed by atoms with Gasteiger partial charge in [-0.2, -0.15) is 0 Å². The Bertz CT molecular complexity index is 314. The van der Waals surface area contributed by atoms with Gasteiger partial charge in [0.2, 0.25) is 0 Å². The number of likely N-dealkylation sites (N-methyl/N-ethyl adjacent to an activating group) is 1. The Morgan fingerprint density at radius 2 is 1.28 bits per heavy atom. The number of rotatable bonds is 18. The zero-order valence-electron chi connectivity index (χ0n) is 17.5. The second-order valence-corrected chi connectivity index (χ2v) is 8.61. The van der Waals surface area contributed by atoms with Gasteiger partial charge in [-0.25, -0.2) is 0 Å². The van der Waals surface area contributed by atoms with Gasteiger partial charge in [0.25, 0.3) is 0 Å². The summed E-state index contributed by atoms with van der Waals surface area (Å²) in [5, 5.41) is 12.5. The van der Waals surface area contributed by atoms with Crippen molar-refractivity contribution in [2.24, 2.45) is 0 Å². The second kappa shape index (κ2) is 15.6. The second-order valence-electron chi connectivity index (χ2n) is 8.61. The van der Waals surface area contributed by atoms with E-state index in [1.807, 2.05) is 0 Å². The Balaban J connectivity index is 3.49. The maximum absolute atomic E-state index is 11.0. The molecule has 25 heavy (non-hydrogen) atoms. The van der Waals surface area contributed by atoms with Crippen LogP contribution >= 0.6 is 0 Å². The fourth-order valence-electron chi connectivity index (χ4n) is 3.35. The van der Waals surface area contributed by atoms with Crippen LogP contribution in [0.25, 0.3) is 0 Å². The molecule has 0 radical (unpaired) electrons. The number of carboxylic acids is 1. The minimum atomic E-state index is -0.708. The van der Waals surface area contributed by atoms with Crippen molar-refractivity contribution in [2.45, 2.75) is 96.4 Å². The van der Waals surface area contributed by atoms with E-state index < -0.39 is 5.97 Å². The first-order valence-electron chi connectivity index (χ1n) is 10.6. The van der Waals surface area contributed by atoms with E-state index >= 15 is 0 Å². The topological polar surface area (TPSA) is 49.3 Å². The lowest BCUT2D eigenvalue weighted by Crippen LogP contribution is -2.48. The SMILES string of the molecule is CCCCCCCCCCCCCCNC(CC(=O)O)C[N+](C)(C)C. The van der Waals surface area contributed by atoms with Crippen molar-refractivity contribution in [1.29, 1.82) is 0 Å². The van der Waals surface area contributed by atoms with Gasteiger partial charge in [-0.1, -0.05) is 77.6 Å². The fourth-order valence-corrected chi connectivity index (χ4v) is 3.35. The maximum atomic E-state index is 11.0. The summed E-state index contributed by atoms with van der Waals surface area (Å²) in [4.78, 5) is 11.0. The molecule has 1 atom stereocenters. The van der Waals surface area contributed by atoms with E-state index in [0.29, 0.717) is 0 Å². The van der Waals surface area contributed by atoms with E-state index in [4.69, 9.17) is 5.11 Å². The molecule has 0 rings (SSSR count). The molecule has 4 nitrogen and oxygen atoms in total. The van der Waals surface area contributed by atoms with E-state index in [0.717, 1.165) is 24.0 Å². The Morgan fingerprint density at radius 1 is 0.840 bits per heavy atom. The van der Waals surface area contributed by atoms with E-state index in [-0.39, 0.29) is 12.5 Å². The highest BCUT2D eigenvalue weighted by Crippen LogP contribution is 2.11. The Morgan fingerprint density at radius 3 is 1.68 bits per heavy atom. The molecule has 0 saturated heterocycles. The van der Waals surface area contributed by atoms with Crippen molar-refractivity contribution < 1.29 is 14.4 Å². The third-order valence-electron chi connectivity index (χ3n) is 4.65. The molecular weight excluding hydrogens is 312 g/mol. The van der Waals surface area contributed by atoms with Crippen LogP contribution in [0, 0.1) is 0 Å². The van der Waals surface area contributed by atoms with Gasteiger partial charge in [0.15, 0.2) is 0 Å². The molecular formula is C21H45N2O2+. The van der Waals surface area contributed by atoms with Crippen molar-refractivity contribution in [3.63, 3.8) is 0 Å². The van der Waals surface area contributed by atoms with Crippen LogP contribution in [-0.4, -0.2) is 55.8 Å². The molecule has 0 aliphatic heterocycles. The number of nitrogens with zero attached hydrogens (tertiary/aromatic N) is 1. The summed E-state index contributed by atoms with van der Waals surface area (Å²) in [6, 6.07) is 0.0743. The Hall–Kier alpha value is -0.610. The lowest BCUT2D eigenvalue weighted by molar-refractivity contribution is -0.871. The molecule has 0 bridgehead atoms. The van der Waals surface area contributed by atoms with E-state index in [1.54, 1.807) is 0 Å². The number of quaternary nitrogens is 1. The van der Waals surface area contributed by atoms with Crippen molar-refractivity contribution >= 4 is 5.97 Å². The zero-order chi connectivity index (χ0) is 19.0. The molecule has 0 aliphatic carbocycles. The van der Waals surface area contributed by atoms with Crippen LogP contribution in [0.3, 0.4) is 0 Å². The molecule has 0 amide bonds. The number of unbranched alkanes of at least 4 members (excludes halogenated alkanes) is 11. The number of aliphatic carboxylic acids is 1. The maximum Gasteiger partial charge on any atom is 0.305 e. The smallest absolute Gasteiger partial charge is 0.305 e. The normalized spacial score (nSPS) is 13.1. The van der Waals surface area contributed by atoms with Crippen molar-refractivity contribution in [2.75, 3.05) is 34.2 Å². The molecule has 0 aromatic rings. The van der Waals surface area contributed by atoms with Crippen molar-refractivity contribution in [3.05, 3.63) is 0 Å². The molecule has 0 spiro atoms. The summed E-state index contributed by atoms with van der Waals surface area (Å²) in [6.45, 7) is 4.06. The van der Waals surface area contributed by atoms with Gasteiger partial charge in [0.1, 0.15) is 0 Å². The molecule has 0 saturated carbocycles. The minimum absolute atomic E-state index is 0.0743. The molecule has 0 aromatic heterocycles. The van der Waals surface area contributed by atoms with E-state index in [9.17, 15) is 4.79 Å². The molecule has 0 aromatic carbocycles. The third kappa shape index (κ3) is 19.6. The standard InChI is InChI=1S/C21H44N2O2/c1-5-6-7-8-9-10-11-12-13-14-15-16-17-22-20(18-21(24)25)19-23(2,3)4/h20,22H,5-19H2,1-4H3/p+1. The van der Waals surface area contributed by atoms with Gasteiger partial charge in [0.05, 0.1) is 40.2 Å². The highest BCUT2D eigenvalue weighted by molar-refractivity contribution is 5.67. The summed E-state index contributed by atoms with van der Waals surface area (Å²) in [5.74, 6) is -0.708. The predicted octanol–water partition coefficient (Wildman–Crippen LogP) is 4.83. The van der Waals surface area contributed by atoms with Crippen molar-refractivity contribution in [3.8, 4) is 0 Å². The van der Waals surface area contributed by atoms with Crippen molar-refractivity contribution in [1.82, 2.24) is 5.32 Å². The van der Waals surface area contributed by atoms with Crippen LogP contribution in [-0.2, 0) is 4.79 Å². The van der Waals surface area contributed by atoms with E-state index in [1.165, 1.54) is 70.6 Å². The molecule has 4 heteroatoms. The van der Waals surface area contributed by atoms with Gasteiger partial charge in [-0.15, -0.1) is 0 Å². The van der Waals surface area contributed by atoms with Crippen LogP contribution in [0.1, 0.15) is 90.4 Å². The fraction of sp³-hybridized carbons (Fsp3) is 0.952. The predicted molar refractivity (Wildman–Crippen MR) is 108 cm³/mol. The Labute approximate surface area is 157 Å². The summed E-state index contributed by atoms with van der Waals surface area (Å²) in [6.07, 6.45) is 16.5. The Kier molecular flexibility index (Phi) is 15.2. The first-order valence-corrected chi connectivity index (χ1v) is 10.6. The lowest BCUT2D eigenvalue weighted by Gasteiger charge is -2.29. The van der Waals surface area contributed by atoms with Crippen LogP contribution in [0.2, 0.25) is 0 Å². The zero-order valence-corrected chi connectivity index (χ0v) is 17.5. The first-order chi connectivity index (χ1) is 11.8. The quantitative estimate of drug-likeness (QED) is 0.273. The first kappa shape index (κ1) is 24.4. The average Bonchev–Trinajstić information content (AvgIpc) is 2.49. The van der Waals surface area contributed by atoms with Crippen LogP contribution in [0.4, 0.5) is 0 Å². The van der Waals surface area contributed by atoms with Gasteiger partial charge in [0, 0.05) is 0 Å². The molecule has 1 unspecified atom stereocenters. The number of nitrogens with one attached hydrogen (secondary N) is 1. The molecule has 2 N–H and O–H groups in total. The molecule has 0 heterocycles. The minimum Gasteiger partial charge on any atom is -0.481 e. The number of hydrogen-bond acceptors (Lipinski definition) is 2. The molecule has 0 aliphatic rings. The summed E-state index contributed by atoms with van der Waals surface area (Å²) < 4.78 is 0.795. The molecule has 150 valence electrons. The van der Waals surface area contributed by atoms with Gasteiger partial charge >= 0.3 is 5.97 Å². The van der Waals surface area contributed by atoms with Gasteiger partial charge < -0.3 is 14.9 Å². The number of carboxylic acid groups (broad SMARTS) is 1. The lowest BCUT2D eigenvalue weighted by atomic mass is 10.1. The average molecular weight is 358 g/mol. The summed E-state index contributed by atoms with van der Waals surface area (Å²) >= 11 is 0. The van der Waals surface area contributed by atoms with E-state index in [2.05, 4.69) is 33.4 Å². The van der Waals surface area contributed by atoms with Crippen LogP contribution in [0.5, 0.6) is 0 Å². The highest BCUT2D eigenvalue weighted by atomic mass is 16.4. The third-order valence-corrected chi connectivity index (χ3v) is 4.65. The molecule has 0 fully saturated rings. The van der Waals surface area contributed by atoms with Crippen LogP contribution in [0.15, 0.2) is 0 Å². The number of hydrogen-bond donors (Lipinski definition) is 2. The van der Waals surface area contributed by atoms with Gasteiger partial charge in [-0.05, 0) is 13.0 Å². The monoisotopic (exact) mass is 357 g/mol. The largest absolute Gasteiger partial charge is 0.481 e. The summed E-state index contributed by atoms with van der Waals surface area (Å²) in [5.41, 5.74) is 0. The van der Waals surface area contributed by atoms with Gasteiger partial charge in [-0.3, -0.25) is 4.79 Å².